The van der Waals surface area contributed by atoms with Crippen LogP contribution >= 0.6 is 0 Å². The molecule has 1 aliphatic heterocycles. The number of anilines is 1. The molecule has 0 bridgehead atoms. The maximum absolute atomic E-state index is 12.6. The summed E-state index contributed by atoms with van der Waals surface area (Å²) in [5.74, 6) is -1.42. The van der Waals surface area contributed by atoms with Crippen molar-refractivity contribution in [2.75, 3.05) is 5.32 Å². The molecule has 3 aromatic carbocycles. The van der Waals surface area contributed by atoms with Crippen molar-refractivity contribution in [2.45, 2.75) is 12.5 Å². The predicted octanol–water partition coefficient (Wildman–Crippen LogP) is 4.21. The topological polar surface area (TPSA) is 78.4 Å². The van der Waals surface area contributed by atoms with Crippen LogP contribution in [0.1, 0.15) is 20.9 Å². The van der Waals surface area contributed by atoms with Crippen molar-refractivity contribution in [1.29, 1.82) is 0 Å². The number of hydrogen-bond donors (Lipinski definition) is 3. The van der Waals surface area contributed by atoms with Crippen molar-refractivity contribution < 1.29 is 17.5 Å². The molecular formula is C24H22MgN2O3. The Bertz CT molecular complexity index is 1080. The largest absolute Gasteiger partial charge is 2.00 e. The van der Waals surface area contributed by atoms with Gasteiger partial charge in [-0.05, 0) is 28.8 Å². The summed E-state index contributed by atoms with van der Waals surface area (Å²) in [6.45, 7) is 0. The molecular weight excluding hydrogens is 389 g/mol. The van der Waals surface area contributed by atoms with Gasteiger partial charge >= 0.3 is 23.1 Å². The Morgan fingerprint density at radius 1 is 0.900 bits per heavy atom. The number of aliphatic hydroxyl groups is 1. The molecule has 6 heteroatoms. The molecule has 3 N–H and O–H groups in total. The van der Waals surface area contributed by atoms with E-state index in [2.05, 4.69) is 10.6 Å². The Morgan fingerprint density at radius 3 is 2.07 bits per heavy atom. The van der Waals surface area contributed by atoms with Crippen LogP contribution in [0.3, 0.4) is 0 Å². The van der Waals surface area contributed by atoms with Gasteiger partial charge < -0.3 is 18.6 Å². The van der Waals surface area contributed by atoms with Gasteiger partial charge in [-0.15, -0.1) is 0 Å². The number of carbonyl (C=O) groups is 2. The molecule has 0 fully saturated rings. The van der Waals surface area contributed by atoms with Gasteiger partial charge in [-0.1, -0.05) is 72.8 Å². The van der Waals surface area contributed by atoms with E-state index < -0.39 is 11.8 Å². The Morgan fingerprint density at radius 2 is 1.47 bits per heavy atom. The molecule has 3 aromatic rings. The van der Waals surface area contributed by atoms with Crippen LogP contribution in [0.2, 0.25) is 0 Å². The average molecular weight is 411 g/mol. The van der Waals surface area contributed by atoms with Gasteiger partial charge in [0.15, 0.2) is 0 Å². The minimum absolute atomic E-state index is 0. The van der Waals surface area contributed by atoms with Crippen LogP contribution in [-0.4, -0.2) is 40.0 Å². The number of benzene rings is 3. The van der Waals surface area contributed by atoms with Crippen molar-refractivity contribution in [2.24, 2.45) is 0 Å². The second-order valence-corrected chi connectivity index (χ2v) is 6.86. The Kier molecular flexibility index (Phi) is 6.92. The van der Waals surface area contributed by atoms with Crippen LogP contribution < -0.4 is 10.6 Å². The van der Waals surface area contributed by atoms with Crippen molar-refractivity contribution in [3.05, 3.63) is 102 Å². The second kappa shape index (κ2) is 9.60. The normalized spacial score (nSPS) is 15.7. The zero-order valence-corrected chi connectivity index (χ0v) is 17.8. The Hall–Kier alpha value is -3.09. The van der Waals surface area contributed by atoms with E-state index in [0.717, 1.165) is 16.7 Å². The van der Waals surface area contributed by atoms with E-state index in [9.17, 15) is 14.7 Å². The van der Waals surface area contributed by atoms with Gasteiger partial charge in [-0.2, -0.15) is 0 Å². The smallest absolute Gasteiger partial charge is 1.00 e. The number of nitrogens with one attached hydrogen (secondary N) is 2. The van der Waals surface area contributed by atoms with Crippen LogP contribution in [-0.2, 0) is 9.59 Å². The van der Waals surface area contributed by atoms with Crippen molar-refractivity contribution in [1.82, 2.24) is 5.32 Å². The second-order valence-electron chi connectivity index (χ2n) is 6.86. The number of hydrogen-bond acceptors (Lipinski definition) is 3. The van der Waals surface area contributed by atoms with Gasteiger partial charge in [-0.25, -0.2) is 0 Å². The van der Waals surface area contributed by atoms with Crippen molar-refractivity contribution >= 4 is 40.6 Å². The monoisotopic (exact) mass is 410 g/mol. The summed E-state index contributed by atoms with van der Waals surface area (Å²) < 4.78 is 0. The first-order chi connectivity index (χ1) is 14.1. The molecule has 0 saturated carbocycles. The molecule has 0 aliphatic carbocycles. The molecule has 1 unspecified atom stereocenters. The summed E-state index contributed by atoms with van der Waals surface area (Å²) in [5, 5.41) is 15.9. The molecule has 0 spiro atoms. The predicted molar refractivity (Wildman–Crippen MR) is 120 cm³/mol. The van der Waals surface area contributed by atoms with E-state index in [1.807, 2.05) is 72.8 Å². The summed E-state index contributed by atoms with van der Waals surface area (Å²) in [5.41, 5.74) is 3.27. The zero-order valence-electron chi connectivity index (χ0n) is 18.3. The number of amides is 2. The fourth-order valence-corrected chi connectivity index (χ4v) is 3.40. The van der Waals surface area contributed by atoms with E-state index in [4.69, 9.17) is 0 Å². The molecule has 148 valence electrons. The maximum Gasteiger partial charge on any atom is 2.00 e. The van der Waals surface area contributed by atoms with Gasteiger partial charge in [0.2, 0.25) is 0 Å². The number of carbonyl (C=O) groups excluding carboxylic acids is 2. The van der Waals surface area contributed by atoms with Gasteiger partial charge in [0.05, 0.1) is 6.04 Å². The van der Waals surface area contributed by atoms with Crippen molar-refractivity contribution in [3.63, 3.8) is 0 Å². The SMILES string of the molecule is O=C(Nc1ccc(-c2ccccc2)cc1)C1=C(O)CC(c2ccccc2)NC1=O.[H-].[H-].[Mg+2]. The fourth-order valence-electron chi connectivity index (χ4n) is 3.40. The summed E-state index contributed by atoms with van der Waals surface area (Å²) in [6.07, 6.45) is 0.172. The van der Waals surface area contributed by atoms with Crippen LogP contribution in [0.15, 0.2) is 96.3 Å². The average Bonchev–Trinajstić information content (AvgIpc) is 2.75. The molecule has 0 aromatic heterocycles. The molecule has 2 amide bonds. The summed E-state index contributed by atoms with van der Waals surface area (Å²) in [4.78, 5) is 25.1. The third-order valence-electron chi connectivity index (χ3n) is 4.90. The van der Waals surface area contributed by atoms with E-state index in [1.165, 1.54) is 0 Å². The Labute approximate surface area is 193 Å². The zero-order chi connectivity index (χ0) is 20.2. The van der Waals surface area contributed by atoms with Gasteiger partial charge in [0.25, 0.3) is 11.8 Å². The molecule has 1 atom stereocenters. The first-order valence-corrected chi connectivity index (χ1v) is 9.36. The van der Waals surface area contributed by atoms with Crippen molar-refractivity contribution in [3.8, 4) is 11.1 Å². The molecule has 4 rings (SSSR count). The van der Waals surface area contributed by atoms with E-state index >= 15 is 0 Å². The van der Waals surface area contributed by atoms with E-state index in [-0.39, 0.29) is 49.7 Å². The summed E-state index contributed by atoms with van der Waals surface area (Å²) >= 11 is 0. The Balaban J connectivity index is 0.00000171. The number of rotatable bonds is 4. The van der Waals surface area contributed by atoms with Crippen LogP contribution in [0.4, 0.5) is 5.69 Å². The van der Waals surface area contributed by atoms with Gasteiger partial charge in [0.1, 0.15) is 11.3 Å². The maximum atomic E-state index is 12.6. The van der Waals surface area contributed by atoms with Gasteiger partial charge in [0, 0.05) is 12.1 Å². The fraction of sp³-hybridized carbons (Fsp3) is 0.0833. The molecule has 0 radical (unpaired) electrons. The van der Waals surface area contributed by atoms with E-state index in [1.54, 1.807) is 12.1 Å². The summed E-state index contributed by atoms with van der Waals surface area (Å²) in [7, 11) is 0. The third kappa shape index (κ3) is 4.72. The summed E-state index contributed by atoms with van der Waals surface area (Å²) in [6, 6.07) is 26.2. The third-order valence-corrected chi connectivity index (χ3v) is 4.90. The standard InChI is InChI=1S/C24H20N2O3.Mg.2H/c27-21-15-20(18-9-5-2-6-10-18)26-24(29)22(21)23(28)25-19-13-11-17(12-14-19)16-7-3-1-4-8-16;;;/h1-14,20,27H,15H2,(H,25,28)(H,26,29);;;/q;+2;2*-1. The first kappa shape index (κ1) is 21.6. The van der Waals surface area contributed by atoms with E-state index in [0.29, 0.717) is 5.69 Å². The minimum Gasteiger partial charge on any atom is -1.00 e. The first-order valence-electron chi connectivity index (χ1n) is 9.36. The molecule has 30 heavy (non-hydrogen) atoms. The number of aliphatic hydroxyl groups excluding tert-OH is 1. The van der Waals surface area contributed by atoms with Crippen LogP contribution in [0, 0.1) is 0 Å². The van der Waals surface area contributed by atoms with Crippen LogP contribution in [0.5, 0.6) is 0 Å². The molecule has 1 heterocycles. The molecule has 0 saturated heterocycles. The van der Waals surface area contributed by atoms with Gasteiger partial charge in [-0.3, -0.25) is 9.59 Å². The molecule has 5 nitrogen and oxygen atoms in total. The van der Waals surface area contributed by atoms with Crippen LogP contribution in [0.25, 0.3) is 11.1 Å². The minimum atomic E-state index is -0.626. The molecule has 1 aliphatic rings. The quantitative estimate of drug-likeness (QED) is 0.445.